The van der Waals surface area contributed by atoms with E-state index in [0.29, 0.717) is 0 Å². The van der Waals surface area contributed by atoms with Crippen molar-refractivity contribution in [3.63, 3.8) is 0 Å². The van der Waals surface area contributed by atoms with Crippen molar-refractivity contribution in [1.82, 2.24) is 4.90 Å². The molecule has 116 valence electrons. The van der Waals surface area contributed by atoms with E-state index in [1.165, 1.54) is 4.90 Å². The molecule has 0 aromatic heterocycles. The van der Waals surface area contributed by atoms with E-state index >= 15 is 0 Å². The van der Waals surface area contributed by atoms with E-state index in [-0.39, 0.29) is 25.4 Å². The number of esters is 2. The molecule has 0 atom stereocenters. The molecule has 0 aliphatic carbocycles. The average molecular weight is 287 g/mol. The van der Waals surface area contributed by atoms with E-state index in [9.17, 15) is 14.4 Å². The van der Waals surface area contributed by atoms with Crippen molar-refractivity contribution in [1.29, 1.82) is 0 Å². The van der Waals surface area contributed by atoms with E-state index in [4.69, 9.17) is 4.74 Å². The summed E-state index contributed by atoms with van der Waals surface area (Å²) >= 11 is 0. The number of carbonyl (C=O) groups excluding carboxylic acids is 3. The number of amides is 1. The molecule has 0 heterocycles. The van der Waals surface area contributed by atoms with Gasteiger partial charge in [0, 0.05) is 19.0 Å². The SMILES string of the molecule is CCC(=O)OC(=O)CCN(C(=O)OC(C)(C)C)C(C)C. The molecule has 0 rings (SSSR count). The van der Waals surface area contributed by atoms with Gasteiger partial charge in [-0.2, -0.15) is 0 Å². The van der Waals surface area contributed by atoms with E-state index in [1.54, 1.807) is 27.7 Å². The van der Waals surface area contributed by atoms with Crippen LogP contribution in [0.5, 0.6) is 0 Å². The summed E-state index contributed by atoms with van der Waals surface area (Å²) < 4.78 is 9.82. The molecule has 1 amide bonds. The first kappa shape index (κ1) is 18.4. The molecule has 0 bridgehead atoms. The van der Waals surface area contributed by atoms with Crippen molar-refractivity contribution >= 4 is 18.0 Å². The summed E-state index contributed by atoms with van der Waals surface area (Å²) in [5, 5.41) is 0. The Bertz CT molecular complexity index is 357. The fourth-order valence-electron chi connectivity index (χ4n) is 1.34. The largest absolute Gasteiger partial charge is 0.444 e. The summed E-state index contributed by atoms with van der Waals surface area (Å²) in [7, 11) is 0. The molecule has 6 nitrogen and oxygen atoms in total. The van der Waals surface area contributed by atoms with Crippen molar-refractivity contribution in [2.45, 2.75) is 66.0 Å². The number of rotatable bonds is 5. The second-order valence-electron chi connectivity index (χ2n) is 5.72. The Morgan fingerprint density at radius 3 is 2.05 bits per heavy atom. The van der Waals surface area contributed by atoms with Crippen molar-refractivity contribution in [2.75, 3.05) is 6.54 Å². The van der Waals surface area contributed by atoms with Gasteiger partial charge in [0.1, 0.15) is 5.60 Å². The highest BCUT2D eigenvalue weighted by Crippen LogP contribution is 2.12. The first-order valence-electron chi connectivity index (χ1n) is 6.80. The second kappa shape index (κ2) is 7.87. The number of hydrogen-bond donors (Lipinski definition) is 0. The molecule has 0 aromatic carbocycles. The maximum Gasteiger partial charge on any atom is 0.410 e. The quantitative estimate of drug-likeness (QED) is 0.574. The van der Waals surface area contributed by atoms with Gasteiger partial charge in [-0.25, -0.2) is 4.79 Å². The molecule has 0 radical (unpaired) electrons. The number of nitrogens with zero attached hydrogens (tertiary/aromatic N) is 1. The van der Waals surface area contributed by atoms with Gasteiger partial charge < -0.3 is 14.4 Å². The van der Waals surface area contributed by atoms with Gasteiger partial charge in [-0.1, -0.05) is 6.92 Å². The van der Waals surface area contributed by atoms with Crippen LogP contribution in [0, 0.1) is 0 Å². The summed E-state index contributed by atoms with van der Waals surface area (Å²) in [4.78, 5) is 35.8. The smallest absolute Gasteiger partial charge is 0.410 e. The van der Waals surface area contributed by atoms with Crippen LogP contribution in [-0.2, 0) is 19.1 Å². The van der Waals surface area contributed by atoms with Crippen LogP contribution in [0.15, 0.2) is 0 Å². The molecule has 20 heavy (non-hydrogen) atoms. The van der Waals surface area contributed by atoms with Crippen molar-refractivity contribution in [3.8, 4) is 0 Å². The minimum Gasteiger partial charge on any atom is -0.444 e. The lowest BCUT2D eigenvalue weighted by Gasteiger charge is -2.29. The first-order valence-corrected chi connectivity index (χ1v) is 6.80. The number of ether oxygens (including phenoxy) is 2. The van der Waals surface area contributed by atoms with Gasteiger partial charge in [-0.05, 0) is 34.6 Å². The van der Waals surface area contributed by atoms with Gasteiger partial charge >= 0.3 is 18.0 Å². The summed E-state index contributed by atoms with van der Waals surface area (Å²) in [6.07, 6.45) is -0.378. The Balaban J connectivity index is 4.46. The molecule has 0 aliphatic rings. The monoisotopic (exact) mass is 287 g/mol. The van der Waals surface area contributed by atoms with E-state index < -0.39 is 23.6 Å². The van der Waals surface area contributed by atoms with Crippen molar-refractivity contribution in [2.24, 2.45) is 0 Å². The maximum absolute atomic E-state index is 12.0. The minimum atomic E-state index is -0.633. The topological polar surface area (TPSA) is 72.9 Å². The Morgan fingerprint density at radius 2 is 1.65 bits per heavy atom. The Morgan fingerprint density at radius 1 is 1.10 bits per heavy atom. The lowest BCUT2D eigenvalue weighted by atomic mass is 10.2. The predicted octanol–water partition coefficient (Wildman–Crippen LogP) is 2.50. The lowest BCUT2D eigenvalue weighted by Crippen LogP contribution is -2.42. The van der Waals surface area contributed by atoms with Crippen LogP contribution in [0.1, 0.15) is 54.4 Å². The van der Waals surface area contributed by atoms with E-state index in [2.05, 4.69) is 4.74 Å². The van der Waals surface area contributed by atoms with Crippen LogP contribution >= 0.6 is 0 Å². The van der Waals surface area contributed by atoms with Crippen LogP contribution < -0.4 is 0 Å². The molecule has 0 aliphatic heterocycles. The van der Waals surface area contributed by atoms with Crippen LogP contribution in [0.3, 0.4) is 0 Å². The summed E-state index contributed by atoms with van der Waals surface area (Å²) in [6, 6.07) is -0.112. The Kier molecular flexibility index (Phi) is 7.24. The molecular formula is C14H25NO5. The third-order valence-corrected chi connectivity index (χ3v) is 2.32. The van der Waals surface area contributed by atoms with Gasteiger partial charge in [-0.15, -0.1) is 0 Å². The lowest BCUT2D eigenvalue weighted by molar-refractivity contribution is -0.159. The van der Waals surface area contributed by atoms with Crippen LogP contribution in [0.2, 0.25) is 0 Å². The minimum absolute atomic E-state index is 0.0385. The zero-order valence-electron chi connectivity index (χ0n) is 13.2. The molecule has 0 fully saturated rings. The van der Waals surface area contributed by atoms with Gasteiger partial charge in [0.15, 0.2) is 0 Å². The third kappa shape index (κ3) is 7.76. The molecule has 6 heteroatoms. The molecule has 0 unspecified atom stereocenters. The summed E-state index contributed by atoms with van der Waals surface area (Å²) in [5.41, 5.74) is -0.594. The molecule has 0 aromatic rings. The van der Waals surface area contributed by atoms with Crippen molar-refractivity contribution < 1.29 is 23.9 Å². The molecule has 0 saturated carbocycles. The molecule has 0 N–H and O–H groups in total. The van der Waals surface area contributed by atoms with Crippen LogP contribution in [0.25, 0.3) is 0 Å². The summed E-state index contributed by atoms with van der Waals surface area (Å²) in [6.45, 7) is 10.7. The zero-order valence-corrected chi connectivity index (χ0v) is 13.2. The normalized spacial score (nSPS) is 11.2. The van der Waals surface area contributed by atoms with Gasteiger partial charge in [-0.3, -0.25) is 9.59 Å². The highest BCUT2D eigenvalue weighted by Gasteiger charge is 2.25. The van der Waals surface area contributed by atoms with Gasteiger partial charge in [0.2, 0.25) is 0 Å². The Labute approximate surface area is 120 Å². The zero-order chi connectivity index (χ0) is 15.9. The molecule has 0 spiro atoms. The second-order valence-corrected chi connectivity index (χ2v) is 5.72. The van der Waals surface area contributed by atoms with Crippen LogP contribution in [0.4, 0.5) is 4.79 Å². The van der Waals surface area contributed by atoms with Crippen molar-refractivity contribution in [3.05, 3.63) is 0 Å². The maximum atomic E-state index is 12.0. The highest BCUT2D eigenvalue weighted by atomic mass is 16.6. The molecular weight excluding hydrogens is 262 g/mol. The van der Waals surface area contributed by atoms with Gasteiger partial charge in [0.05, 0.1) is 6.42 Å². The Hall–Kier alpha value is -1.59. The predicted molar refractivity (Wildman–Crippen MR) is 74.1 cm³/mol. The van der Waals surface area contributed by atoms with Crippen LogP contribution in [-0.4, -0.2) is 41.1 Å². The summed E-state index contributed by atoms with van der Waals surface area (Å²) in [5.74, 6) is -1.20. The fourth-order valence-corrected chi connectivity index (χ4v) is 1.34. The third-order valence-electron chi connectivity index (χ3n) is 2.32. The standard InChI is InChI=1S/C14H25NO5/c1-7-11(16)19-12(17)8-9-15(10(2)3)13(18)20-14(4,5)6/h10H,7-9H2,1-6H3. The average Bonchev–Trinajstić information content (AvgIpc) is 2.25. The number of carbonyl (C=O) groups is 3. The van der Waals surface area contributed by atoms with E-state index in [0.717, 1.165) is 0 Å². The fraction of sp³-hybridized carbons (Fsp3) is 0.786. The van der Waals surface area contributed by atoms with Gasteiger partial charge in [0.25, 0.3) is 0 Å². The number of hydrogen-bond acceptors (Lipinski definition) is 5. The van der Waals surface area contributed by atoms with E-state index in [1.807, 2.05) is 13.8 Å². The highest BCUT2D eigenvalue weighted by molar-refractivity contribution is 5.85. The molecule has 0 saturated heterocycles. The first-order chi connectivity index (χ1) is 9.06.